The third kappa shape index (κ3) is 3.39. The second-order valence-corrected chi connectivity index (χ2v) is 7.11. The molecular weight excluding hydrogens is 318 g/mol. The molecular formula is C20H19NO2S. The van der Waals surface area contributed by atoms with E-state index in [-0.39, 0.29) is 18.1 Å². The number of amides is 1. The van der Waals surface area contributed by atoms with Gasteiger partial charge >= 0.3 is 0 Å². The van der Waals surface area contributed by atoms with Crippen LogP contribution in [-0.2, 0) is 11.2 Å². The lowest BCUT2D eigenvalue weighted by Gasteiger charge is -2.07. The van der Waals surface area contributed by atoms with Gasteiger partial charge in [-0.25, -0.2) is 0 Å². The lowest BCUT2D eigenvalue weighted by atomic mass is 10.0. The van der Waals surface area contributed by atoms with Gasteiger partial charge in [0.25, 0.3) is 0 Å². The van der Waals surface area contributed by atoms with E-state index in [9.17, 15) is 9.59 Å². The van der Waals surface area contributed by atoms with E-state index in [0.717, 1.165) is 32.5 Å². The molecule has 0 aliphatic rings. The maximum atomic E-state index is 12.5. The Kier molecular flexibility index (Phi) is 4.49. The number of Topliss-reactive ketones (excluding diaryl/α,β-unsaturated/α-hetero) is 1. The predicted octanol–water partition coefficient (Wildman–Crippen LogP) is 4.90. The van der Waals surface area contributed by atoms with Gasteiger partial charge in [-0.2, -0.15) is 0 Å². The lowest BCUT2D eigenvalue weighted by Crippen LogP contribution is -2.15. The van der Waals surface area contributed by atoms with Crippen LogP contribution in [0.1, 0.15) is 33.3 Å². The summed E-state index contributed by atoms with van der Waals surface area (Å²) in [4.78, 5) is 25.1. The van der Waals surface area contributed by atoms with Crippen molar-refractivity contribution in [1.29, 1.82) is 0 Å². The Morgan fingerprint density at radius 1 is 1.00 bits per heavy atom. The number of nitrogens with one attached hydrogen (secondary N) is 1. The summed E-state index contributed by atoms with van der Waals surface area (Å²) in [5, 5.41) is 3.91. The number of aryl methyl sites for hydroxylation is 2. The van der Waals surface area contributed by atoms with Gasteiger partial charge in [0.1, 0.15) is 0 Å². The van der Waals surface area contributed by atoms with Crippen molar-refractivity contribution in [2.75, 3.05) is 5.32 Å². The zero-order valence-electron chi connectivity index (χ0n) is 14.0. The van der Waals surface area contributed by atoms with Crippen LogP contribution >= 0.6 is 11.3 Å². The number of rotatable bonds is 4. The van der Waals surface area contributed by atoms with E-state index >= 15 is 0 Å². The molecule has 3 aromatic rings. The van der Waals surface area contributed by atoms with Gasteiger partial charge in [-0.3, -0.25) is 9.59 Å². The molecule has 0 aliphatic carbocycles. The van der Waals surface area contributed by atoms with Crippen molar-refractivity contribution in [3.05, 3.63) is 64.0 Å². The Labute approximate surface area is 145 Å². The number of carbonyl (C=O) groups excluding carboxylic acids is 2. The Hall–Kier alpha value is -2.46. The molecule has 0 saturated heterocycles. The molecule has 3 nitrogen and oxygen atoms in total. The minimum Gasteiger partial charge on any atom is -0.326 e. The largest absolute Gasteiger partial charge is 0.326 e. The van der Waals surface area contributed by atoms with Gasteiger partial charge in [-0.1, -0.05) is 35.4 Å². The van der Waals surface area contributed by atoms with Crippen LogP contribution in [0.5, 0.6) is 0 Å². The Balaban J connectivity index is 1.91. The van der Waals surface area contributed by atoms with E-state index in [0.29, 0.717) is 4.88 Å². The van der Waals surface area contributed by atoms with Crippen LogP contribution in [0.2, 0.25) is 0 Å². The van der Waals surface area contributed by atoms with E-state index in [1.165, 1.54) is 11.3 Å². The van der Waals surface area contributed by atoms with Crippen molar-refractivity contribution in [2.24, 2.45) is 0 Å². The summed E-state index contributed by atoms with van der Waals surface area (Å²) in [6.45, 7) is 5.57. The number of fused-ring (bicyclic) bond motifs is 1. The fraction of sp³-hybridized carbons (Fsp3) is 0.200. The summed E-state index contributed by atoms with van der Waals surface area (Å²) >= 11 is 1.46. The highest BCUT2D eigenvalue weighted by atomic mass is 32.1. The second kappa shape index (κ2) is 6.57. The monoisotopic (exact) mass is 337 g/mol. The Morgan fingerprint density at radius 2 is 1.67 bits per heavy atom. The maximum Gasteiger partial charge on any atom is 0.228 e. The van der Waals surface area contributed by atoms with Crippen LogP contribution in [0.15, 0.2) is 42.5 Å². The molecule has 0 spiro atoms. The molecule has 2 aromatic carbocycles. The van der Waals surface area contributed by atoms with E-state index < -0.39 is 0 Å². The van der Waals surface area contributed by atoms with Crippen molar-refractivity contribution in [3.8, 4) is 0 Å². The molecule has 0 radical (unpaired) electrons. The van der Waals surface area contributed by atoms with Crippen LogP contribution in [0.3, 0.4) is 0 Å². The SMILES string of the molecule is CC(=O)c1sc2ccc(C)cc2c1CC(=O)Nc1ccc(C)cc1. The summed E-state index contributed by atoms with van der Waals surface area (Å²) in [5.74, 6) is -0.102. The van der Waals surface area contributed by atoms with E-state index in [1.54, 1.807) is 6.92 Å². The summed E-state index contributed by atoms with van der Waals surface area (Å²) in [6, 6.07) is 13.8. The maximum absolute atomic E-state index is 12.5. The van der Waals surface area contributed by atoms with Crippen molar-refractivity contribution in [1.82, 2.24) is 0 Å². The fourth-order valence-electron chi connectivity index (χ4n) is 2.73. The van der Waals surface area contributed by atoms with Gasteiger partial charge in [-0.05, 0) is 49.9 Å². The molecule has 1 N–H and O–H groups in total. The van der Waals surface area contributed by atoms with E-state index in [1.807, 2.05) is 56.3 Å². The molecule has 1 amide bonds. The number of anilines is 1. The zero-order chi connectivity index (χ0) is 17.3. The first-order valence-electron chi connectivity index (χ1n) is 7.83. The molecule has 0 bridgehead atoms. The molecule has 0 unspecified atom stereocenters. The Bertz CT molecular complexity index is 923. The van der Waals surface area contributed by atoms with Crippen LogP contribution in [0.25, 0.3) is 10.1 Å². The highest BCUT2D eigenvalue weighted by Crippen LogP contribution is 2.33. The molecule has 0 fully saturated rings. The molecule has 24 heavy (non-hydrogen) atoms. The minimum atomic E-state index is -0.109. The fourth-order valence-corrected chi connectivity index (χ4v) is 3.82. The average Bonchev–Trinajstić information content (AvgIpc) is 2.88. The van der Waals surface area contributed by atoms with Crippen LogP contribution in [0, 0.1) is 13.8 Å². The number of ketones is 1. The Morgan fingerprint density at radius 3 is 2.33 bits per heavy atom. The number of carbonyl (C=O) groups is 2. The quantitative estimate of drug-likeness (QED) is 0.688. The van der Waals surface area contributed by atoms with Crippen molar-refractivity contribution >= 4 is 38.8 Å². The molecule has 1 heterocycles. The average molecular weight is 337 g/mol. The normalized spacial score (nSPS) is 10.8. The lowest BCUT2D eigenvalue weighted by molar-refractivity contribution is -0.115. The first kappa shape index (κ1) is 16.4. The van der Waals surface area contributed by atoms with E-state index in [4.69, 9.17) is 0 Å². The van der Waals surface area contributed by atoms with Gasteiger partial charge in [0.2, 0.25) is 5.91 Å². The van der Waals surface area contributed by atoms with Crippen LogP contribution < -0.4 is 5.32 Å². The molecule has 122 valence electrons. The smallest absolute Gasteiger partial charge is 0.228 e. The first-order valence-corrected chi connectivity index (χ1v) is 8.65. The van der Waals surface area contributed by atoms with Gasteiger partial charge in [0, 0.05) is 10.4 Å². The highest BCUT2D eigenvalue weighted by Gasteiger charge is 2.18. The summed E-state index contributed by atoms with van der Waals surface area (Å²) in [5.41, 5.74) is 3.86. The summed E-state index contributed by atoms with van der Waals surface area (Å²) in [7, 11) is 0. The van der Waals surface area contributed by atoms with Crippen LogP contribution in [0.4, 0.5) is 5.69 Å². The molecule has 0 saturated carbocycles. The van der Waals surface area contributed by atoms with Gasteiger partial charge in [-0.15, -0.1) is 11.3 Å². The van der Waals surface area contributed by atoms with Gasteiger partial charge < -0.3 is 5.32 Å². The van der Waals surface area contributed by atoms with Crippen molar-refractivity contribution in [2.45, 2.75) is 27.2 Å². The number of thiophene rings is 1. The topological polar surface area (TPSA) is 46.2 Å². The first-order chi connectivity index (χ1) is 11.4. The summed E-state index contributed by atoms with van der Waals surface area (Å²) in [6.07, 6.45) is 0.201. The molecule has 4 heteroatoms. The zero-order valence-corrected chi connectivity index (χ0v) is 14.8. The van der Waals surface area contributed by atoms with E-state index in [2.05, 4.69) is 5.32 Å². The van der Waals surface area contributed by atoms with Gasteiger partial charge in [0.05, 0.1) is 11.3 Å². The standard InChI is InChI=1S/C20H19NO2S/c1-12-4-7-15(8-5-12)21-19(23)11-17-16-10-13(2)6-9-18(16)24-20(17)14(3)22/h4-10H,11H2,1-3H3,(H,21,23). The number of benzene rings is 2. The molecule has 0 aliphatic heterocycles. The third-order valence-electron chi connectivity index (χ3n) is 3.94. The minimum absolute atomic E-state index is 0.00647. The highest BCUT2D eigenvalue weighted by molar-refractivity contribution is 7.21. The van der Waals surface area contributed by atoms with Gasteiger partial charge in [0.15, 0.2) is 5.78 Å². The van der Waals surface area contributed by atoms with Crippen LogP contribution in [-0.4, -0.2) is 11.7 Å². The molecule has 1 aromatic heterocycles. The summed E-state index contributed by atoms with van der Waals surface area (Å²) < 4.78 is 1.05. The molecule has 0 atom stereocenters. The molecule has 3 rings (SSSR count). The van der Waals surface area contributed by atoms with Crippen molar-refractivity contribution in [3.63, 3.8) is 0 Å². The second-order valence-electron chi connectivity index (χ2n) is 6.06. The third-order valence-corrected chi connectivity index (χ3v) is 5.25. The van der Waals surface area contributed by atoms with Crippen molar-refractivity contribution < 1.29 is 9.59 Å². The number of hydrogen-bond acceptors (Lipinski definition) is 3. The number of hydrogen-bond donors (Lipinski definition) is 1. The predicted molar refractivity (Wildman–Crippen MR) is 100 cm³/mol.